The zero-order valence-corrected chi connectivity index (χ0v) is 14.5. The van der Waals surface area contributed by atoms with Crippen LogP contribution in [0.15, 0.2) is 42.5 Å². The number of carbonyl (C=O) groups is 1. The highest BCUT2D eigenvalue weighted by Gasteiger charge is 2.26. The molecule has 0 saturated carbocycles. The molecular formula is C20H23N3O2. The minimum Gasteiger partial charge on any atom is -0.482 e. The van der Waals surface area contributed by atoms with Gasteiger partial charge in [-0.3, -0.25) is 4.79 Å². The van der Waals surface area contributed by atoms with Crippen LogP contribution in [-0.2, 0) is 11.3 Å². The van der Waals surface area contributed by atoms with E-state index in [1.54, 1.807) is 0 Å². The van der Waals surface area contributed by atoms with E-state index in [0.717, 1.165) is 48.9 Å². The van der Waals surface area contributed by atoms with Crippen molar-refractivity contribution < 1.29 is 9.53 Å². The molecule has 1 saturated heterocycles. The van der Waals surface area contributed by atoms with E-state index in [1.165, 1.54) is 5.56 Å². The molecule has 0 unspecified atom stereocenters. The molecule has 0 spiro atoms. The van der Waals surface area contributed by atoms with Gasteiger partial charge in [-0.15, -0.1) is 0 Å². The van der Waals surface area contributed by atoms with E-state index in [1.807, 2.05) is 11.0 Å². The van der Waals surface area contributed by atoms with E-state index < -0.39 is 0 Å². The molecule has 1 N–H and O–H groups in total. The first-order valence-electron chi connectivity index (χ1n) is 8.79. The molecule has 4 rings (SSSR count). The Morgan fingerprint density at radius 1 is 1.08 bits per heavy atom. The fraction of sp³-hybridized carbons (Fsp3) is 0.350. The smallest absolute Gasteiger partial charge is 0.265 e. The van der Waals surface area contributed by atoms with Crippen LogP contribution in [-0.4, -0.2) is 38.7 Å². The van der Waals surface area contributed by atoms with Crippen LogP contribution < -0.4 is 19.9 Å². The molecule has 0 aromatic heterocycles. The Bertz CT molecular complexity index is 767. The second-order valence-corrected chi connectivity index (χ2v) is 6.64. The maximum atomic E-state index is 12.5. The van der Waals surface area contributed by atoms with Crippen molar-refractivity contribution in [3.05, 3.63) is 53.6 Å². The van der Waals surface area contributed by atoms with Crippen LogP contribution in [0.3, 0.4) is 0 Å². The molecule has 5 nitrogen and oxygen atoms in total. The van der Waals surface area contributed by atoms with Gasteiger partial charge in [-0.05, 0) is 30.7 Å². The highest BCUT2D eigenvalue weighted by Crippen LogP contribution is 2.36. The number of nitrogens with zero attached hydrogens (tertiary/aromatic N) is 2. The van der Waals surface area contributed by atoms with Crippen molar-refractivity contribution in [2.45, 2.75) is 13.5 Å². The van der Waals surface area contributed by atoms with E-state index in [0.29, 0.717) is 6.54 Å². The second kappa shape index (κ2) is 6.76. The van der Waals surface area contributed by atoms with E-state index in [4.69, 9.17) is 4.74 Å². The standard InChI is InChI=1S/C20H23N3O2/c1-15-2-4-16(5-3-15)13-23-18-12-17(22-10-8-21-9-11-22)6-7-19(18)25-14-20(23)24/h2-7,12,21H,8-11,13-14H2,1H3. The summed E-state index contributed by atoms with van der Waals surface area (Å²) in [5, 5.41) is 3.37. The van der Waals surface area contributed by atoms with Crippen molar-refractivity contribution in [1.29, 1.82) is 0 Å². The number of amides is 1. The van der Waals surface area contributed by atoms with Crippen molar-refractivity contribution in [2.24, 2.45) is 0 Å². The summed E-state index contributed by atoms with van der Waals surface area (Å²) in [5.41, 5.74) is 4.36. The number of rotatable bonds is 3. The Morgan fingerprint density at radius 3 is 2.60 bits per heavy atom. The van der Waals surface area contributed by atoms with Crippen LogP contribution in [0.1, 0.15) is 11.1 Å². The van der Waals surface area contributed by atoms with Crippen molar-refractivity contribution in [3.63, 3.8) is 0 Å². The van der Waals surface area contributed by atoms with Crippen molar-refractivity contribution in [2.75, 3.05) is 42.6 Å². The highest BCUT2D eigenvalue weighted by molar-refractivity contribution is 5.98. The summed E-state index contributed by atoms with van der Waals surface area (Å²) < 4.78 is 5.64. The Kier molecular flexibility index (Phi) is 4.32. The van der Waals surface area contributed by atoms with Gasteiger partial charge < -0.3 is 19.9 Å². The average Bonchev–Trinajstić information content (AvgIpc) is 2.66. The molecular weight excluding hydrogens is 314 g/mol. The first-order valence-corrected chi connectivity index (χ1v) is 8.79. The van der Waals surface area contributed by atoms with Gasteiger partial charge in [-0.25, -0.2) is 0 Å². The number of hydrogen-bond donors (Lipinski definition) is 1. The molecule has 1 amide bonds. The summed E-state index contributed by atoms with van der Waals surface area (Å²) >= 11 is 0. The van der Waals surface area contributed by atoms with E-state index in [2.05, 4.69) is 53.5 Å². The molecule has 25 heavy (non-hydrogen) atoms. The third-order valence-electron chi connectivity index (χ3n) is 4.83. The molecule has 2 aromatic rings. The summed E-state index contributed by atoms with van der Waals surface area (Å²) in [5.74, 6) is 0.788. The van der Waals surface area contributed by atoms with Gasteiger partial charge in [-0.1, -0.05) is 29.8 Å². The molecule has 0 atom stereocenters. The van der Waals surface area contributed by atoms with Gasteiger partial charge in [0.05, 0.1) is 12.2 Å². The SMILES string of the molecule is Cc1ccc(CN2C(=O)COc3ccc(N4CCNCC4)cc32)cc1. The number of hydrogen-bond acceptors (Lipinski definition) is 4. The fourth-order valence-corrected chi connectivity index (χ4v) is 3.36. The predicted octanol–water partition coefficient (Wildman–Crippen LogP) is 2.33. The Hall–Kier alpha value is -2.53. The van der Waals surface area contributed by atoms with E-state index in [-0.39, 0.29) is 12.5 Å². The minimum absolute atomic E-state index is 0.00513. The lowest BCUT2D eigenvalue weighted by atomic mass is 10.1. The number of anilines is 2. The molecule has 1 fully saturated rings. The number of aryl methyl sites for hydroxylation is 1. The van der Waals surface area contributed by atoms with Crippen LogP contribution in [0.5, 0.6) is 5.75 Å². The molecule has 2 aliphatic heterocycles. The second-order valence-electron chi connectivity index (χ2n) is 6.64. The van der Waals surface area contributed by atoms with Crippen LogP contribution in [0.4, 0.5) is 11.4 Å². The van der Waals surface area contributed by atoms with Gasteiger partial charge in [0.2, 0.25) is 0 Å². The average molecular weight is 337 g/mol. The van der Waals surface area contributed by atoms with Gasteiger partial charge in [0.25, 0.3) is 5.91 Å². The summed E-state index contributed by atoms with van der Waals surface area (Å²) in [6, 6.07) is 14.5. The molecule has 2 aromatic carbocycles. The molecule has 130 valence electrons. The highest BCUT2D eigenvalue weighted by atomic mass is 16.5. The van der Waals surface area contributed by atoms with E-state index in [9.17, 15) is 4.79 Å². The van der Waals surface area contributed by atoms with Crippen molar-refractivity contribution in [3.8, 4) is 5.75 Å². The molecule has 5 heteroatoms. The van der Waals surface area contributed by atoms with E-state index >= 15 is 0 Å². The molecule has 0 aliphatic carbocycles. The predicted molar refractivity (Wildman–Crippen MR) is 99.4 cm³/mol. The first kappa shape index (κ1) is 16.0. The maximum Gasteiger partial charge on any atom is 0.265 e. The van der Waals surface area contributed by atoms with Gasteiger partial charge in [0.1, 0.15) is 5.75 Å². The number of carbonyl (C=O) groups excluding carboxylic acids is 1. The summed E-state index contributed by atoms with van der Waals surface area (Å²) in [6.45, 7) is 6.67. The lowest BCUT2D eigenvalue weighted by Crippen LogP contribution is -2.44. The van der Waals surface area contributed by atoms with Crippen molar-refractivity contribution >= 4 is 17.3 Å². The van der Waals surface area contributed by atoms with Gasteiger partial charge in [0.15, 0.2) is 6.61 Å². The lowest BCUT2D eigenvalue weighted by molar-refractivity contribution is -0.121. The zero-order chi connectivity index (χ0) is 17.2. The maximum absolute atomic E-state index is 12.5. The van der Waals surface area contributed by atoms with Crippen LogP contribution in [0, 0.1) is 6.92 Å². The monoisotopic (exact) mass is 337 g/mol. The number of nitrogens with one attached hydrogen (secondary N) is 1. The number of fused-ring (bicyclic) bond motifs is 1. The topological polar surface area (TPSA) is 44.8 Å². The first-order chi connectivity index (χ1) is 12.2. The molecule has 2 aliphatic rings. The third-order valence-corrected chi connectivity index (χ3v) is 4.83. The van der Waals surface area contributed by atoms with Gasteiger partial charge in [0, 0.05) is 31.9 Å². The van der Waals surface area contributed by atoms with Crippen LogP contribution >= 0.6 is 0 Å². The third kappa shape index (κ3) is 3.33. The Labute approximate surface area is 148 Å². The summed E-state index contributed by atoms with van der Waals surface area (Å²) in [4.78, 5) is 16.7. The summed E-state index contributed by atoms with van der Waals surface area (Å²) in [7, 11) is 0. The van der Waals surface area contributed by atoms with Crippen molar-refractivity contribution in [1.82, 2.24) is 5.32 Å². The largest absolute Gasteiger partial charge is 0.482 e. The van der Waals surface area contributed by atoms with Gasteiger partial charge >= 0.3 is 0 Å². The quantitative estimate of drug-likeness (QED) is 0.934. The normalized spacial score (nSPS) is 17.2. The van der Waals surface area contributed by atoms with Crippen LogP contribution in [0.25, 0.3) is 0 Å². The number of piperazine rings is 1. The Morgan fingerprint density at radius 2 is 1.84 bits per heavy atom. The molecule has 0 radical (unpaired) electrons. The molecule has 0 bridgehead atoms. The Balaban J connectivity index is 1.64. The molecule has 2 heterocycles. The lowest BCUT2D eigenvalue weighted by Gasteiger charge is -2.33. The van der Waals surface area contributed by atoms with Crippen LogP contribution in [0.2, 0.25) is 0 Å². The summed E-state index contributed by atoms with van der Waals surface area (Å²) in [6.07, 6.45) is 0. The number of ether oxygens (including phenoxy) is 1. The van der Waals surface area contributed by atoms with Gasteiger partial charge in [-0.2, -0.15) is 0 Å². The fourth-order valence-electron chi connectivity index (χ4n) is 3.36. The zero-order valence-electron chi connectivity index (χ0n) is 14.5. The minimum atomic E-state index is 0.00513. The number of benzene rings is 2.